The Morgan fingerprint density at radius 1 is 1.08 bits per heavy atom. The number of ketones is 1. The van der Waals surface area contributed by atoms with Crippen LogP contribution in [0.3, 0.4) is 0 Å². The Balaban J connectivity index is 1.77. The van der Waals surface area contributed by atoms with Crippen molar-refractivity contribution in [2.75, 3.05) is 13.7 Å². The minimum absolute atomic E-state index is 0.0457. The maximum absolute atomic E-state index is 13.3. The molecule has 3 aromatic rings. The van der Waals surface area contributed by atoms with E-state index in [2.05, 4.69) is 18.8 Å². The maximum atomic E-state index is 13.3. The van der Waals surface area contributed by atoms with E-state index in [0.29, 0.717) is 35.2 Å². The lowest BCUT2D eigenvalue weighted by Gasteiger charge is -2.25. The predicted molar refractivity (Wildman–Crippen MR) is 137 cm³/mol. The zero-order valence-electron chi connectivity index (χ0n) is 20.9. The van der Waals surface area contributed by atoms with Crippen LogP contribution in [0.1, 0.15) is 42.1 Å². The van der Waals surface area contributed by atoms with E-state index in [9.17, 15) is 14.7 Å². The quantitative estimate of drug-likeness (QED) is 0.272. The molecular weight excluding hydrogens is 456 g/mol. The lowest BCUT2D eigenvalue weighted by atomic mass is 9.95. The molecule has 1 aromatic heterocycles. The van der Waals surface area contributed by atoms with Gasteiger partial charge in [-0.25, -0.2) is 0 Å². The molecule has 2 aromatic carbocycles. The Bertz CT molecular complexity index is 1300. The van der Waals surface area contributed by atoms with Gasteiger partial charge >= 0.3 is 0 Å². The van der Waals surface area contributed by atoms with Gasteiger partial charge in [0.25, 0.3) is 11.7 Å². The molecular formula is C29H30N2O5. The second-order valence-corrected chi connectivity index (χ2v) is 9.24. The third-order valence-electron chi connectivity index (χ3n) is 6.07. The normalized spacial score (nSPS) is 17.0. The number of aromatic nitrogens is 1. The largest absolute Gasteiger partial charge is 0.507 e. The Hall–Kier alpha value is -4.13. The van der Waals surface area contributed by atoms with Crippen LogP contribution in [0, 0.1) is 12.8 Å². The monoisotopic (exact) mass is 486 g/mol. The van der Waals surface area contributed by atoms with E-state index < -0.39 is 17.7 Å². The fraction of sp³-hybridized carbons (Fsp3) is 0.276. The highest BCUT2D eigenvalue weighted by Gasteiger charge is 2.46. The van der Waals surface area contributed by atoms with E-state index in [1.54, 1.807) is 49.8 Å². The van der Waals surface area contributed by atoms with Gasteiger partial charge < -0.3 is 19.5 Å². The summed E-state index contributed by atoms with van der Waals surface area (Å²) >= 11 is 0. The highest BCUT2D eigenvalue weighted by molar-refractivity contribution is 6.46. The van der Waals surface area contributed by atoms with Crippen molar-refractivity contribution in [2.24, 2.45) is 5.92 Å². The molecule has 186 valence electrons. The van der Waals surface area contributed by atoms with Crippen molar-refractivity contribution in [1.82, 2.24) is 9.88 Å². The van der Waals surface area contributed by atoms with E-state index in [-0.39, 0.29) is 17.9 Å². The van der Waals surface area contributed by atoms with Crippen molar-refractivity contribution in [3.8, 4) is 11.5 Å². The number of ether oxygens (including phenoxy) is 2. The number of Topliss-reactive ketones (excluding diaryl/α,β-unsaturated/α-hetero) is 1. The smallest absolute Gasteiger partial charge is 0.295 e. The molecule has 1 aliphatic heterocycles. The summed E-state index contributed by atoms with van der Waals surface area (Å²) in [5, 5.41) is 11.3. The number of carbonyl (C=O) groups is 2. The summed E-state index contributed by atoms with van der Waals surface area (Å²) < 4.78 is 11.2. The van der Waals surface area contributed by atoms with E-state index in [0.717, 1.165) is 11.1 Å². The Morgan fingerprint density at radius 3 is 2.50 bits per heavy atom. The summed E-state index contributed by atoms with van der Waals surface area (Å²) in [5.74, 6) is 0.120. The van der Waals surface area contributed by atoms with Gasteiger partial charge in [-0.2, -0.15) is 0 Å². The second kappa shape index (κ2) is 10.6. The number of methoxy groups -OCH3 is 1. The molecule has 4 rings (SSSR count). The zero-order valence-corrected chi connectivity index (χ0v) is 20.9. The maximum Gasteiger partial charge on any atom is 0.295 e. The van der Waals surface area contributed by atoms with Gasteiger partial charge in [0.05, 0.1) is 25.3 Å². The van der Waals surface area contributed by atoms with Gasteiger partial charge in [-0.1, -0.05) is 26.0 Å². The van der Waals surface area contributed by atoms with Crippen molar-refractivity contribution in [2.45, 2.75) is 33.4 Å². The van der Waals surface area contributed by atoms with Gasteiger partial charge in [0.2, 0.25) is 0 Å². The number of amides is 1. The van der Waals surface area contributed by atoms with Gasteiger partial charge in [0.15, 0.2) is 0 Å². The highest BCUT2D eigenvalue weighted by atomic mass is 16.5. The number of nitrogens with zero attached hydrogens (tertiary/aromatic N) is 2. The molecule has 1 atom stereocenters. The average molecular weight is 487 g/mol. The predicted octanol–water partition coefficient (Wildman–Crippen LogP) is 5.06. The number of aliphatic hydroxyl groups excluding tert-OH is 1. The molecule has 1 amide bonds. The molecule has 7 heteroatoms. The molecule has 2 heterocycles. The molecule has 0 bridgehead atoms. The number of aliphatic hydroxyl groups is 1. The number of hydrogen-bond acceptors (Lipinski definition) is 6. The topological polar surface area (TPSA) is 89.0 Å². The SMILES string of the molecule is COc1cccc(CN2C(=O)C(=O)/C(=C(\O)c3ccc(OCC(C)C)c(C)c3)C2c2ccncc2)c1. The molecule has 1 unspecified atom stereocenters. The molecule has 1 N–H and O–H groups in total. The van der Waals surface area contributed by atoms with E-state index >= 15 is 0 Å². The summed E-state index contributed by atoms with van der Waals surface area (Å²) in [4.78, 5) is 32.1. The molecule has 0 saturated carbocycles. The average Bonchev–Trinajstić information content (AvgIpc) is 3.13. The van der Waals surface area contributed by atoms with Crippen molar-refractivity contribution < 1.29 is 24.2 Å². The van der Waals surface area contributed by atoms with Gasteiger partial charge in [-0.3, -0.25) is 14.6 Å². The van der Waals surface area contributed by atoms with Crippen molar-refractivity contribution in [3.05, 3.63) is 94.8 Å². The Kier molecular flexibility index (Phi) is 7.38. The number of benzene rings is 2. The van der Waals surface area contributed by atoms with Crippen LogP contribution in [0.25, 0.3) is 5.76 Å². The summed E-state index contributed by atoms with van der Waals surface area (Å²) in [6.45, 7) is 6.77. The van der Waals surface area contributed by atoms with E-state index in [4.69, 9.17) is 9.47 Å². The number of aryl methyl sites for hydroxylation is 1. The first-order valence-corrected chi connectivity index (χ1v) is 11.8. The standard InChI is InChI=1S/C29H30N2O5/c1-18(2)17-36-24-9-8-22(14-19(24)3)27(32)25-26(21-10-12-30-13-11-21)31(29(34)28(25)33)16-20-6-5-7-23(15-20)35-4/h5-15,18,26,32H,16-17H2,1-4H3/b27-25-. The fourth-order valence-electron chi connectivity index (χ4n) is 4.27. The lowest BCUT2D eigenvalue weighted by Crippen LogP contribution is -2.29. The van der Waals surface area contributed by atoms with Crippen molar-refractivity contribution in [3.63, 3.8) is 0 Å². The first-order chi connectivity index (χ1) is 17.3. The van der Waals surface area contributed by atoms with Crippen LogP contribution in [-0.4, -0.2) is 40.4 Å². The third kappa shape index (κ3) is 5.10. The van der Waals surface area contributed by atoms with Gasteiger partial charge in [0.1, 0.15) is 17.3 Å². The van der Waals surface area contributed by atoms with Crippen molar-refractivity contribution in [1.29, 1.82) is 0 Å². The molecule has 1 saturated heterocycles. The van der Waals surface area contributed by atoms with E-state index in [1.165, 1.54) is 4.90 Å². The summed E-state index contributed by atoms with van der Waals surface area (Å²) in [7, 11) is 1.57. The number of likely N-dealkylation sites (tertiary alicyclic amines) is 1. The van der Waals surface area contributed by atoms with Crippen LogP contribution in [0.15, 0.2) is 72.6 Å². The molecule has 1 aliphatic rings. The molecule has 0 spiro atoms. The molecule has 7 nitrogen and oxygen atoms in total. The zero-order chi connectivity index (χ0) is 25.8. The molecule has 36 heavy (non-hydrogen) atoms. The highest BCUT2D eigenvalue weighted by Crippen LogP contribution is 2.40. The number of pyridine rings is 1. The number of rotatable bonds is 8. The van der Waals surface area contributed by atoms with Crippen LogP contribution >= 0.6 is 0 Å². The minimum atomic E-state index is -0.767. The van der Waals surface area contributed by atoms with Gasteiger partial charge in [-0.15, -0.1) is 0 Å². The first kappa shape index (κ1) is 25.0. The number of carbonyl (C=O) groups excluding carboxylic acids is 2. The van der Waals surface area contributed by atoms with Crippen LogP contribution in [0.2, 0.25) is 0 Å². The van der Waals surface area contributed by atoms with Crippen LogP contribution in [0.4, 0.5) is 0 Å². The van der Waals surface area contributed by atoms with Crippen molar-refractivity contribution >= 4 is 17.4 Å². The molecule has 0 aliphatic carbocycles. The lowest BCUT2D eigenvalue weighted by molar-refractivity contribution is -0.140. The third-order valence-corrected chi connectivity index (χ3v) is 6.07. The fourth-order valence-corrected chi connectivity index (χ4v) is 4.27. The number of hydrogen-bond donors (Lipinski definition) is 1. The van der Waals surface area contributed by atoms with Crippen LogP contribution < -0.4 is 9.47 Å². The Morgan fingerprint density at radius 2 is 1.83 bits per heavy atom. The van der Waals surface area contributed by atoms with Gasteiger partial charge in [0, 0.05) is 24.5 Å². The Labute approximate surface area is 211 Å². The summed E-state index contributed by atoms with van der Waals surface area (Å²) in [5.41, 5.74) is 2.80. The summed E-state index contributed by atoms with van der Waals surface area (Å²) in [6, 6.07) is 15.3. The van der Waals surface area contributed by atoms with Crippen LogP contribution in [0.5, 0.6) is 11.5 Å². The molecule has 0 radical (unpaired) electrons. The second-order valence-electron chi connectivity index (χ2n) is 9.24. The first-order valence-electron chi connectivity index (χ1n) is 11.8. The van der Waals surface area contributed by atoms with Gasteiger partial charge in [-0.05, 0) is 72.0 Å². The minimum Gasteiger partial charge on any atom is -0.507 e. The molecule has 1 fully saturated rings. The summed E-state index contributed by atoms with van der Waals surface area (Å²) in [6.07, 6.45) is 3.21. The van der Waals surface area contributed by atoms with E-state index in [1.807, 2.05) is 31.2 Å². The van der Waals surface area contributed by atoms with Crippen LogP contribution in [-0.2, 0) is 16.1 Å².